The van der Waals surface area contributed by atoms with Gasteiger partial charge in [-0.15, -0.1) is 5.06 Å². The average Bonchev–Trinajstić information content (AvgIpc) is 3.33. The van der Waals surface area contributed by atoms with Crippen LogP contribution >= 0.6 is 0 Å². The van der Waals surface area contributed by atoms with Crippen molar-refractivity contribution in [2.45, 2.75) is 39.1 Å². The number of hydrogen-bond acceptors (Lipinski definition) is 9. The SMILES string of the molecule is O=C(NCc1ccc(C(=O)NCc2ccc(CO)c([N+](=O)[O-])c2)cc1)NCc1ccc(C(=O)ON2C(=O)CCC2=O)cc1. The molecule has 43 heavy (non-hydrogen) atoms. The lowest BCUT2D eigenvalue weighted by Crippen LogP contribution is -2.34. The molecular weight excluding hydrogens is 562 g/mol. The summed E-state index contributed by atoms with van der Waals surface area (Å²) in [6.45, 7) is -0.0555. The van der Waals surface area contributed by atoms with Crippen molar-refractivity contribution in [2.75, 3.05) is 0 Å². The van der Waals surface area contributed by atoms with Gasteiger partial charge in [0.1, 0.15) is 0 Å². The van der Waals surface area contributed by atoms with E-state index in [1.165, 1.54) is 24.3 Å². The fourth-order valence-corrected chi connectivity index (χ4v) is 4.06. The van der Waals surface area contributed by atoms with Crippen LogP contribution < -0.4 is 16.0 Å². The standard InChI is InChI=1S/C29H27N5O9/c35-17-23-10-5-20(13-24(23)34(41)42)16-30-27(38)21-6-1-18(2-7-21)14-31-29(40)32-15-19-3-8-22(9-4-19)28(39)43-33-25(36)11-12-26(33)37/h1-10,13,35H,11-12,14-17H2,(H,30,38)(H2,31,32,40). The molecule has 3 aromatic carbocycles. The van der Waals surface area contributed by atoms with Gasteiger partial charge in [-0.3, -0.25) is 24.5 Å². The highest BCUT2D eigenvalue weighted by Gasteiger charge is 2.33. The third kappa shape index (κ3) is 7.98. The second-order valence-electron chi connectivity index (χ2n) is 9.45. The molecule has 4 rings (SSSR count). The highest BCUT2D eigenvalue weighted by molar-refractivity contribution is 6.02. The molecule has 0 spiro atoms. The number of benzene rings is 3. The molecule has 0 unspecified atom stereocenters. The Morgan fingerprint density at radius 3 is 1.84 bits per heavy atom. The fourth-order valence-electron chi connectivity index (χ4n) is 4.06. The molecular formula is C29H27N5O9. The molecule has 0 saturated carbocycles. The van der Waals surface area contributed by atoms with E-state index in [9.17, 15) is 39.2 Å². The molecule has 1 saturated heterocycles. The number of hydroxylamine groups is 2. The summed E-state index contributed by atoms with van der Waals surface area (Å²) in [7, 11) is 0. The van der Waals surface area contributed by atoms with E-state index < -0.39 is 35.3 Å². The van der Waals surface area contributed by atoms with Crippen molar-refractivity contribution in [3.63, 3.8) is 0 Å². The first-order chi connectivity index (χ1) is 20.6. The van der Waals surface area contributed by atoms with Gasteiger partial charge in [-0.2, -0.15) is 0 Å². The van der Waals surface area contributed by atoms with Crippen molar-refractivity contribution < 1.29 is 38.8 Å². The lowest BCUT2D eigenvalue weighted by atomic mass is 10.1. The largest absolute Gasteiger partial charge is 0.391 e. The summed E-state index contributed by atoms with van der Waals surface area (Å²) in [5, 5.41) is 28.9. The quantitative estimate of drug-likeness (QED) is 0.147. The second kappa shape index (κ2) is 13.8. The Balaban J connectivity index is 1.19. The van der Waals surface area contributed by atoms with Gasteiger partial charge in [0.15, 0.2) is 0 Å². The van der Waals surface area contributed by atoms with Crippen molar-refractivity contribution in [2.24, 2.45) is 0 Å². The maximum absolute atomic E-state index is 12.5. The molecule has 1 fully saturated rings. The van der Waals surface area contributed by atoms with E-state index in [2.05, 4.69) is 16.0 Å². The van der Waals surface area contributed by atoms with Crippen LogP contribution in [0.2, 0.25) is 0 Å². The van der Waals surface area contributed by atoms with Gasteiger partial charge in [0.05, 0.1) is 22.7 Å². The monoisotopic (exact) mass is 589 g/mol. The molecule has 0 bridgehead atoms. The molecule has 0 atom stereocenters. The number of aliphatic hydroxyl groups excluding tert-OH is 1. The number of urea groups is 1. The zero-order chi connectivity index (χ0) is 30.9. The van der Waals surface area contributed by atoms with E-state index in [4.69, 9.17) is 4.84 Å². The normalized spacial score (nSPS) is 12.5. The first kappa shape index (κ1) is 30.3. The molecule has 0 aliphatic carbocycles. The third-order valence-corrected chi connectivity index (χ3v) is 6.46. The van der Waals surface area contributed by atoms with Gasteiger partial charge in [0.25, 0.3) is 23.4 Å². The van der Waals surface area contributed by atoms with Gasteiger partial charge in [-0.25, -0.2) is 9.59 Å². The first-order valence-corrected chi connectivity index (χ1v) is 13.1. The summed E-state index contributed by atoms with van der Waals surface area (Å²) >= 11 is 0. The maximum Gasteiger partial charge on any atom is 0.363 e. The van der Waals surface area contributed by atoms with Crippen LogP contribution in [0.5, 0.6) is 0 Å². The predicted molar refractivity (Wildman–Crippen MR) is 149 cm³/mol. The number of nitro groups is 1. The van der Waals surface area contributed by atoms with Crippen LogP contribution in [0.25, 0.3) is 0 Å². The molecule has 0 radical (unpaired) electrons. The minimum Gasteiger partial charge on any atom is -0.391 e. The molecule has 1 aliphatic rings. The zero-order valence-corrected chi connectivity index (χ0v) is 22.7. The number of nitrogens with one attached hydrogen (secondary N) is 3. The summed E-state index contributed by atoms with van der Waals surface area (Å²) < 4.78 is 0. The molecule has 3 aromatic rings. The topological polar surface area (TPSA) is 197 Å². The highest BCUT2D eigenvalue weighted by Crippen LogP contribution is 2.20. The Morgan fingerprint density at radius 1 is 0.791 bits per heavy atom. The second-order valence-corrected chi connectivity index (χ2v) is 9.45. The Labute approximate surface area is 244 Å². The van der Waals surface area contributed by atoms with Crippen LogP contribution in [0.1, 0.15) is 55.8 Å². The molecule has 14 nitrogen and oxygen atoms in total. The molecule has 5 amide bonds. The van der Waals surface area contributed by atoms with Crippen LogP contribution in [0.4, 0.5) is 10.5 Å². The van der Waals surface area contributed by atoms with Crippen molar-refractivity contribution in [3.05, 3.63) is 110 Å². The number of carbonyl (C=O) groups excluding carboxylic acids is 5. The van der Waals surface area contributed by atoms with E-state index in [1.54, 1.807) is 42.5 Å². The zero-order valence-electron chi connectivity index (χ0n) is 22.7. The van der Waals surface area contributed by atoms with E-state index in [1.807, 2.05) is 0 Å². The van der Waals surface area contributed by atoms with Gasteiger partial charge in [-0.1, -0.05) is 30.3 Å². The summed E-state index contributed by atoms with van der Waals surface area (Å²) in [6.07, 6.45) is 0.00423. The number of nitro benzene ring substituents is 1. The van der Waals surface area contributed by atoms with Gasteiger partial charge >= 0.3 is 12.0 Å². The number of hydrogen-bond donors (Lipinski definition) is 4. The van der Waals surface area contributed by atoms with Crippen molar-refractivity contribution in [3.8, 4) is 0 Å². The Morgan fingerprint density at radius 2 is 1.30 bits per heavy atom. The number of nitrogens with zero attached hydrogens (tertiary/aromatic N) is 2. The fraction of sp³-hybridized carbons (Fsp3) is 0.207. The minimum absolute atomic E-state index is 0.00211. The Kier molecular flexibility index (Phi) is 9.75. The van der Waals surface area contributed by atoms with Crippen LogP contribution in [0.3, 0.4) is 0 Å². The molecule has 1 aliphatic heterocycles. The number of amides is 5. The Bertz CT molecular complexity index is 1540. The van der Waals surface area contributed by atoms with Gasteiger partial charge < -0.3 is 25.9 Å². The molecule has 1 heterocycles. The average molecular weight is 590 g/mol. The van der Waals surface area contributed by atoms with E-state index >= 15 is 0 Å². The minimum atomic E-state index is -0.843. The third-order valence-electron chi connectivity index (χ3n) is 6.46. The number of imide groups is 1. The Hall–Kier alpha value is -5.63. The summed E-state index contributed by atoms with van der Waals surface area (Å²) in [5.74, 6) is -2.37. The number of carbonyl (C=O) groups is 5. The molecule has 4 N–H and O–H groups in total. The lowest BCUT2D eigenvalue weighted by molar-refractivity contribution is -0.385. The first-order valence-electron chi connectivity index (χ1n) is 13.1. The van der Waals surface area contributed by atoms with Crippen LogP contribution in [-0.2, 0) is 40.7 Å². The van der Waals surface area contributed by atoms with E-state index in [0.717, 1.165) is 5.56 Å². The lowest BCUT2D eigenvalue weighted by Gasteiger charge is -2.12. The molecule has 222 valence electrons. The van der Waals surface area contributed by atoms with Crippen molar-refractivity contribution in [1.29, 1.82) is 0 Å². The summed E-state index contributed by atoms with van der Waals surface area (Å²) in [4.78, 5) is 75.6. The van der Waals surface area contributed by atoms with E-state index in [-0.39, 0.29) is 55.2 Å². The van der Waals surface area contributed by atoms with Crippen molar-refractivity contribution >= 4 is 35.4 Å². The van der Waals surface area contributed by atoms with Gasteiger partial charge in [0.2, 0.25) is 0 Å². The summed E-state index contributed by atoms with van der Waals surface area (Å²) in [6, 6.07) is 16.5. The number of aliphatic hydroxyl groups is 1. The van der Waals surface area contributed by atoms with Gasteiger partial charge in [0, 0.05) is 44.1 Å². The maximum atomic E-state index is 12.5. The van der Waals surface area contributed by atoms with E-state index in [0.29, 0.717) is 21.8 Å². The van der Waals surface area contributed by atoms with Crippen LogP contribution in [0, 0.1) is 10.1 Å². The molecule has 14 heteroatoms. The predicted octanol–water partition coefficient (Wildman–Crippen LogP) is 2.24. The van der Waals surface area contributed by atoms with Crippen LogP contribution in [-0.4, -0.2) is 44.8 Å². The molecule has 0 aromatic heterocycles. The van der Waals surface area contributed by atoms with Gasteiger partial charge in [-0.05, 0) is 47.0 Å². The van der Waals surface area contributed by atoms with Crippen LogP contribution in [0.15, 0.2) is 66.7 Å². The highest BCUT2D eigenvalue weighted by atomic mass is 16.7. The number of rotatable bonds is 11. The summed E-state index contributed by atoms with van der Waals surface area (Å²) in [5.41, 5.74) is 2.40. The smallest absolute Gasteiger partial charge is 0.363 e. The van der Waals surface area contributed by atoms with Crippen molar-refractivity contribution in [1.82, 2.24) is 21.0 Å².